The molecule has 25 heavy (non-hydrogen) atoms. The van der Waals surface area contributed by atoms with Gasteiger partial charge < -0.3 is 9.47 Å². The predicted octanol–water partition coefficient (Wildman–Crippen LogP) is 4.60. The number of rotatable bonds is 11. The van der Waals surface area contributed by atoms with Gasteiger partial charge in [-0.2, -0.15) is 0 Å². The largest absolute Gasteiger partial charge is 0.463 e. The Hall–Kier alpha value is -2.01. The quantitative estimate of drug-likeness (QED) is 0.441. The van der Waals surface area contributed by atoms with Gasteiger partial charge in [-0.05, 0) is 35.6 Å². The molecule has 0 fully saturated rings. The van der Waals surface area contributed by atoms with Gasteiger partial charge in [0, 0.05) is 5.56 Å². The van der Waals surface area contributed by atoms with Crippen LogP contribution >= 0.6 is 0 Å². The van der Waals surface area contributed by atoms with Gasteiger partial charge in [0.05, 0.1) is 12.8 Å². The van der Waals surface area contributed by atoms with E-state index in [9.17, 15) is 0 Å². The van der Waals surface area contributed by atoms with Gasteiger partial charge in [-0.15, -0.1) is 10.2 Å². The minimum Gasteiger partial charge on any atom is -0.463 e. The molecule has 0 saturated carbocycles. The Morgan fingerprint density at radius 1 is 1.00 bits per heavy atom. The van der Waals surface area contributed by atoms with Crippen LogP contribution in [0.15, 0.2) is 24.4 Å². The summed E-state index contributed by atoms with van der Waals surface area (Å²) < 4.78 is 11.4. The fraction of sp³-hybridized carbons (Fsp3) is 0.550. The first-order chi connectivity index (χ1) is 12.3. The van der Waals surface area contributed by atoms with Crippen molar-refractivity contribution in [1.82, 2.24) is 15.4 Å². The van der Waals surface area contributed by atoms with Crippen molar-refractivity contribution in [3.05, 3.63) is 35.5 Å². The van der Waals surface area contributed by atoms with E-state index >= 15 is 0 Å². The molecular formula is C20H29N3O2. The molecule has 0 aliphatic carbocycles. The molecule has 2 rings (SSSR count). The average molecular weight is 343 g/mol. The fourth-order valence-corrected chi connectivity index (χ4v) is 2.95. The van der Waals surface area contributed by atoms with E-state index in [0.717, 1.165) is 30.5 Å². The molecule has 2 aromatic rings. The monoisotopic (exact) mass is 343 g/mol. The first-order valence-corrected chi connectivity index (χ1v) is 9.31. The maximum Gasteiger partial charge on any atom is 0.189 e. The van der Waals surface area contributed by atoms with Gasteiger partial charge >= 0.3 is 0 Å². The molecule has 0 amide bonds. The third-order valence-corrected chi connectivity index (χ3v) is 4.31. The van der Waals surface area contributed by atoms with Crippen molar-refractivity contribution in [2.75, 3.05) is 13.4 Å². The summed E-state index contributed by atoms with van der Waals surface area (Å²) in [5, 5.41) is 11.9. The van der Waals surface area contributed by atoms with Crippen LogP contribution < -0.4 is 4.74 Å². The number of hydrogen-bond acceptors (Lipinski definition) is 5. The highest BCUT2D eigenvalue weighted by Gasteiger charge is 2.14. The van der Waals surface area contributed by atoms with Crippen molar-refractivity contribution in [3.8, 4) is 17.0 Å². The Morgan fingerprint density at radius 2 is 1.88 bits per heavy atom. The molecule has 0 aliphatic rings. The molecule has 0 atom stereocenters. The summed E-state index contributed by atoms with van der Waals surface area (Å²) in [6.45, 7) is 7.45. The Bertz CT molecular complexity index is 647. The van der Waals surface area contributed by atoms with Crippen LogP contribution in [-0.2, 0) is 17.6 Å². The molecule has 0 aliphatic heterocycles. The van der Waals surface area contributed by atoms with Crippen molar-refractivity contribution in [3.63, 3.8) is 0 Å². The second-order valence-electron chi connectivity index (χ2n) is 6.03. The van der Waals surface area contributed by atoms with E-state index in [1.54, 1.807) is 6.20 Å². The molecule has 5 heteroatoms. The molecule has 0 N–H and O–H groups in total. The number of nitrogens with zero attached hydrogens (tertiary/aromatic N) is 3. The number of aryl methyl sites for hydroxylation is 1. The van der Waals surface area contributed by atoms with E-state index < -0.39 is 0 Å². The molecule has 1 aromatic carbocycles. The Balaban J connectivity index is 2.06. The van der Waals surface area contributed by atoms with E-state index in [0.29, 0.717) is 12.4 Å². The highest BCUT2D eigenvalue weighted by molar-refractivity contribution is 5.70. The van der Waals surface area contributed by atoms with Crippen molar-refractivity contribution < 1.29 is 9.47 Å². The lowest BCUT2D eigenvalue weighted by molar-refractivity contribution is 0.0133. The van der Waals surface area contributed by atoms with Crippen LogP contribution in [0, 0.1) is 0 Å². The van der Waals surface area contributed by atoms with Crippen molar-refractivity contribution in [2.24, 2.45) is 0 Å². The van der Waals surface area contributed by atoms with Crippen LogP contribution in [0.1, 0.15) is 57.6 Å². The van der Waals surface area contributed by atoms with Crippen LogP contribution in [0.5, 0.6) is 5.75 Å². The molecule has 0 unspecified atom stereocenters. The summed E-state index contributed by atoms with van der Waals surface area (Å²) in [4.78, 5) is 0. The summed E-state index contributed by atoms with van der Waals surface area (Å²) >= 11 is 0. The number of benzene rings is 1. The van der Waals surface area contributed by atoms with Gasteiger partial charge in [-0.25, -0.2) is 0 Å². The van der Waals surface area contributed by atoms with Gasteiger partial charge in [0.1, 0.15) is 5.69 Å². The standard InChI is InChI=1S/C20H29N3O2/c1-4-7-8-9-13-24-15-25-19-14-21-23-22-20(19)18-12-10-11-16(5-2)17(18)6-3/h10-12,14H,4-9,13,15H2,1-3H3. The van der Waals surface area contributed by atoms with E-state index in [1.807, 2.05) is 0 Å². The van der Waals surface area contributed by atoms with Crippen molar-refractivity contribution in [2.45, 2.75) is 59.3 Å². The Morgan fingerprint density at radius 3 is 2.64 bits per heavy atom. The van der Waals surface area contributed by atoms with E-state index in [2.05, 4.69) is 54.4 Å². The van der Waals surface area contributed by atoms with Gasteiger partial charge in [0.15, 0.2) is 12.5 Å². The SMILES string of the molecule is CCCCCCOCOc1cnnnc1-c1cccc(CC)c1CC. The lowest BCUT2D eigenvalue weighted by atomic mass is 9.95. The smallest absolute Gasteiger partial charge is 0.189 e. The van der Waals surface area contributed by atoms with E-state index in [1.165, 1.54) is 30.4 Å². The summed E-state index contributed by atoms with van der Waals surface area (Å²) in [7, 11) is 0. The molecule has 0 radical (unpaired) electrons. The van der Waals surface area contributed by atoms with Gasteiger partial charge in [-0.1, -0.05) is 58.2 Å². The Labute approximate surface area is 150 Å². The topological polar surface area (TPSA) is 57.1 Å². The van der Waals surface area contributed by atoms with E-state index in [-0.39, 0.29) is 6.79 Å². The second-order valence-corrected chi connectivity index (χ2v) is 6.03. The molecule has 0 saturated heterocycles. The third kappa shape index (κ3) is 5.49. The van der Waals surface area contributed by atoms with Gasteiger partial charge in [-0.3, -0.25) is 0 Å². The molecular weight excluding hydrogens is 314 g/mol. The fourth-order valence-electron chi connectivity index (χ4n) is 2.95. The highest BCUT2D eigenvalue weighted by Crippen LogP contribution is 2.31. The van der Waals surface area contributed by atoms with Crippen LogP contribution in [-0.4, -0.2) is 28.8 Å². The van der Waals surface area contributed by atoms with Gasteiger partial charge in [0.2, 0.25) is 0 Å². The molecule has 0 bridgehead atoms. The summed E-state index contributed by atoms with van der Waals surface area (Å²) in [6.07, 6.45) is 8.29. The number of hydrogen-bond donors (Lipinski definition) is 0. The molecule has 1 heterocycles. The number of ether oxygens (including phenoxy) is 2. The normalized spacial score (nSPS) is 10.8. The molecule has 1 aromatic heterocycles. The first-order valence-electron chi connectivity index (χ1n) is 9.31. The highest BCUT2D eigenvalue weighted by atomic mass is 16.7. The van der Waals surface area contributed by atoms with E-state index in [4.69, 9.17) is 9.47 Å². The van der Waals surface area contributed by atoms with Crippen LogP contribution in [0.2, 0.25) is 0 Å². The number of unbranched alkanes of at least 4 members (excludes halogenated alkanes) is 3. The van der Waals surface area contributed by atoms with Crippen LogP contribution in [0.4, 0.5) is 0 Å². The lowest BCUT2D eigenvalue weighted by Crippen LogP contribution is -2.07. The zero-order valence-electron chi connectivity index (χ0n) is 15.6. The summed E-state index contributed by atoms with van der Waals surface area (Å²) in [5.74, 6) is 0.617. The maximum atomic E-state index is 5.78. The first kappa shape index (κ1) is 19.3. The third-order valence-electron chi connectivity index (χ3n) is 4.31. The van der Waals surface area contributed by atoms with Crippen molar-refractivity contribution in [1.29, 1.82) is 0 Å². The number of aromatic nitrogens is 3. The molecule has 136 valence electrons. The summed E-state index contributed by atoms with van der Waals surface area (Å²) in [5.41, 5.74) is 4.42. The molecule has 0 spiro atoms. The average Bonchev–Trinajstić information content (AvgIpc) is 2.67. The van der Waals surface area contributed by atoms with Crippen LogP contribution in [0.3, 0.4) is 0 Å². The maximum absolute atomic E-state index is 5.78. The molecule has 5 nitrogen and oxygen atoms in total. The second kappa shape index (κ2) is 10.8. The zero-order valence-corrected chi connectivity index (χ0v) is 15.6. The zero-order chi connectivity index (χ0) is 17.9. The van der Waals surface area contributed by atoms with Crippen molar-refractivity contribution >= 4 is 0 Å². The minimum atomic E-state index is 0.210. The predicted molar refractivity (Wildman–Crippen MR) is 99.6 cm³/mol. The lowest BCUT2D eigenvalue weighted by Gasteiger charge is -2.14. The van der Waals surface area contributed by atoms with Crippen LogP contribution in [0.25, 0.3) is 11.3 Å². The summed E-state index contributed by atoms with van der Waals surface area (Å²) in [6, 6.07) is 6.29. The van der Waals surface area contributed by atoms with Gasteiger partial charge in [0.25, 0.3) is 0 Å². The Kier molecular flexibility index (Phi) is 8.32. The minimum absolute atomic E-state index is 0.210.